The maximum Gasteiger partial charge on any atom is 0.254 e. The third-order valence-electron chi connectivity index (χ3n) is 8.68. The first-order valence-corrected chi connectivity index (χ1v) is 14.9. The molecule has 2 amide bonds. The van der Waals surface area contributed by atoms with Crippen LogP contribution in [0.15, 0.2) is 48.5 Å². The second-order valence-electron chi connectivity index (χ2n) is 12.4. The summed E-state index contributed by atoms with van der Waals surface area (Å²) in [6, 6.07) is 15.9. The molecule has 3 N–H and O–H groups in total. The van der Waals surface area contributed by atoms with Crippen LogP contribution in [0.4, 0.5) is 0 Å². The van der Waals surface area contributed by atoms with Crippen LogP contribution in [0.25, 0.3) is 0 Å². The number of rotatable bonds is 10. The van der Waals surface area contributed by atoms with Crippen LogP contribution in [0.1, 0.15) is 73.0 Å². The van der Waals surface area contributed by atoms with E-state index in [0.717, 1.165) is 38.0 Å². The average molecular weight is 533 g/mol. The molecule has 4 atom stereocenters. The van der Waals surface area contributed by atoms with Crippen LogP contribution in [-0.2, 0) is 11.3 Å². The van der Waals surface area contributed by atoms with Crippen molar-refractivity contribution in [1.82, 2.24) is 15.1 Å². The Kier molecular flexibility index (Phi) is 10.2. The number of nitrogens with zero attached hydrogens (tertiary/aromatic N) is 2. The molecule has 0 bridgehead atoms. The van der Waals surface area contributed by atoms with Crippen LogP contribution in [-0.4, -0.2) is 59.9 Å². The molecule has 6 heteroatoms. The number of nitrogens with two attached hydrogens (primary N) is 1. The zero-order chi connectivity index (χ0) is 27.9. The lowest BCUT2D eigenvalue weighted by Gasteiger charge is -2.31. The molecule has 1 aliphatic carbocycles. The summed E-state index contributed by atoms with van der Waals surface area (Å²) < 4.78 is 0. The van der Waals surface area contributed by atoms with Crippen LogP contribution in [0.2, 0.25) is 0 Å². The van der Waals surface area contributed by atoms with Gasteiger partial charge in [0.15, 0.2) is 0 Å². The Hall–Kier alpha value is -2.70. The summed E-state index contributed by atoms with van der Waals surface area (Å²) in [4.78, 5) is 31.8. The topological polar surface area (TPSA) is 78.7 Å². The van der Waals surface area contributed by atoms with E-state index in [2.05, 4.69) is 55.3 Å². The Morgan fingerprint density at radius 1 is 1.03 bits per heavy atom. The quantitative estimate of drug-likeness (QED) is 0.455. The molecular weight excluding hydrogens is 484 g/mol. The van der Waals surface area contributed by atoms with Crippen LogP contribution in [0.3, 0.4) is 0 Å². The molecule has 0 radical (unpaired) electrons. The van der Waals surface area contributed by atoms with Gasteiger partial charge in [0, 0.05) is 37.8 Å². The smallest absolute Gasteiger partial charge is 0.254 e. The van der Waals surface area contributed by atoms with E-state index in [1.165, 1.54) is 24.0 Å². The summed E-state index contributed by atoms with van der Waals surface area (Å²) in [5.41, 5.74) is 10.3. The van der Waals surface area contributed by atoms with Crippen molar-refractivity contribution in [3.63, 3.8) is 0 Å². The molecule has 212 valence electrons. The molecular formula is C33H48N4O2. The number of benzene rings is 2. The maximum atomic E-state index is 13.8. The van der Waals surface area contributed by atoms with Gasteiger partial charge in [0.25, 0.3) is 5.91 Å². The van der Waals surface area contributed by atoms with Gasteiger partial charge < -0.3 is 16.0 Å². The molecule has 4 rings (SSSR count). The van der Waals surface area contributed by atoms with Crippen molar-refractivity contribution in [3.05, 3.63) is 70.8 Å². The number of likely N-dealkylation sites (tertiary alicyclic amines) is 1. The predicted molar refractivity (Wildman–Crippen MR) is 158 cm³/mol. The highest BCUT2D eigenvalue weighted by Crippen LogP contribution is 2.30. The molecule has 1 heterocycles. The van der Waals surface area contributed by atoms with Gasteiger partial charge in [0.05, 0.1) is 0 Å². The van der Waals surface area contributed by atoms with Crippen molar-refractivity contribution in [1.29, 1.82) is 0 Å². The summed E-state index contributed by atoms with van der Waals surface area (Å²) in [5.74, 6) is 1.42. The Balaban J connectivity index is 1.53. The van der Waals surface area contributed by atoms with E-state index >= 15 is 0 Å². The molecule has 1 aliphatic heterocycles. The molecule has 2 fully saturated rings. The maximum absolute atomic E-state index is 13.8. The highest BCUT2D eigenvalue weighted by atomic mass is 16.2. The molecule has 6 nitrogen and oxygen atoms in total. The van der Waals surface area contributed by atoms with E-state index in [-0.39, 0.29) is 17.9 Å². The van der Waals surface area contributed by atoms with E-state index in [0.29, 0.717) is 42.8 Å². The molecule has 2 aromatic carbocycles. The van der Waals surface area contributed by atoms with Gasteiger partial charge in [-0.05, 0) is 87.1 Å². The highest BCUT2D eigenvalue weighted by molar-refractivity contribution is 5.98. The van der Waals surface area contributed by atoms with Gasteiger partial charge >= 0.3 is 0 Å². The standard InChI is InChI=1S/C33H48N4O2/c1-23(2)20-36(21-29-11-6-5-8-25(29)4)30-17-31(32(38)35-19-27-10-7-9-26(16-27)18-34)37(22-30)33(39)28-14-12-24(3)13-15-28/h5-6,8,11-15,23,26-27,30-31H,7,9-10,16-22,34H2,1-4H3,(H,35,38). The number of nitrogens with one attached hydrogen (secondary N) is 1. The Morgan fingerprint density at radius 3 is 2.44 bits per heavy atom. The SMILES string of the molecule is Cc1ccc(C(=O)N2CC(N(Cc3ccccc3C)CC(C)C)CC2C(=O)NCC2CCCC(CN)C2)cc1. The van der Waals surface area contributed by atoms with Crippen molar-refractivity contribution < 1.29 is 9.59 Å². The number of hydrogen-bond acceptors (Lipinski definition) is 4. The fraction of sp³-hybridized carbons (Fsp3) is 0.576. The largest absolute Gasteiger partial charge is 0.354 e. The zero-order valence-electron chi connectivity index (χ0n) is 24.4. The number of amides is 2. The van der Waals surface area contributed by atoms with E-state index in [1.54, 1.807) is 0 Å². The first-order chi connectivity index (χ1) is 18.7. The minimum atomic E-state index is -0.468. The molecule has 0 aromatic heterocycles. The number of aryl methyl sites for hydroxylation is 2. The fourth-order valence-electron chi connectivity index (χ4n) is 6.40. The van der Waals surface area contributed by atoms with Crippen molar-refractivity contribution in [2.24, 2.45) is 23.5 Å². The molecule has 2 aliphatic rings. The fourth-order valence-corrected chi connectivity index (χ4v) is 6.40. The van der Waals surface area contributed by atoms with E-state index in [4.69, 9.17) is 5.73 Å². The highest BCUT2D eigenvalue weighted by Gasteiger charge is 2.42. The first kappa shape index (κ1) is 29.3. The van der Waals surface area contributed by atoms with Gasteiger partial charge in [-0.3, -0.25) is 14.5 Å². The lowest BCUT2D eigenvalue weighted by atomic mass is 9.81. The normalized spacial score (nSPS) is 23.4. The molecule has 0 spiro atoms. The third kappa shape index (κ3) is 7.70. The van der Waals surface area contributed by atoms with Gasteiger partial charge in [0.2, 0.25) is 5.91 Å². The minimum Gasteiger partial charge on any atom is -0.354 e. The second-order valence-corrected chi connectivity index (χ2v) is 12.4. The predicted octanol–water partition coefficient (Wildman–Crippen LogP) is 4.93. The summed E-state index contributed by atoms with van der Waals surface area (Å²) in [7, 11) is 0. The van der Waals surface area contributed by atoms with Gasteiger partial charge in [-0.15, -0.1) is 0 Å². The number of hydrogen-bond donors (Lipinski definition) is 2. The van der Waals surface area contributed by atoms with Gasteiger partial charge in [-0.25, -0.2) is 0 Å². The molecule has 2 aromatic rings. The van der Waals surface area contributed by atoms with E-state index in [9.17, 15) is 9.59 Å². The molecule has 1 saturated heterocycles. The first-order valence-electron chi connectivity index (χ1n) is 14.9. The second kappa shape index (κ2) is 13.6. The average Bonchev–Trinajstić information content (AvgIpc) is 3.38. The van der Waals surface area contributed by atoms with E-state index in [1.807, 2.05) is 36.1 Å². The minimum absolute atomic E-state index is 0.0202. The number of carbonyl (C=O) groups is 2. The van der Waals surface area contributed by atoms with Gasteiger partial charge in [-0.2, -0.15) is 0 Å². The van der Waals surface area contributed by atoms with Crippen molar-refractivity contribution in [2.45, 2.75) is 78.4 Å². The lowest BCUT2D eigenvalue weighted by Crippen LogP contribution is -2.47. The van der Waals surface area contributed by atoms with Crippen molar-refractivity contribution in [3.8, 4) is 0 Å². The monoisotopic (exact) mass is 532 g/mol. The molecule has 1 saturated carbocycles. The van der Waals surface area contributed by atoms with Gasteiger partial charge in [0.1, 0.15) is 6.04 Å². The zero-order valence-corrected chi connectivity index (χ0v) is 24.4. The van der Waals surface area contributed by atoms with Gasteiger partial charge in [-0.1, -0.05) is 62.2 Å². The van der Waals surface area contributed by atoms with Crippen LogP contribution in [0, 0.1) is 31.6 Å². The van der Waals surface area contributed by atoms with E-state index < -0.39 is 6.04 Å². The summed E-state index contributed by atoms with van der Waals surface area (Å²) in [5, 5.41) is 3.25. The Morgan fingerprint density at radius 2 is 1.74 bits per heavy atom. The summed E-state index contributed by atoms with van der Waals surface area (Å²) in [6.07, 6.45) is 5.23. The lowest BCUT2D eigenvalue weighted by molar-refractivity contribution is -0.125. The Labute approximate surface area is 235 Å². The number of carbonyl (C=O) groups excluding carboxylic acids is 2. The van der Waals surface area contributed by atoms with Crippen molar-refractivity contribution in [2.75, 3.05) is 26.2 Å². The molecule has 39 heavy (non-hydrogen) atoms. The third-order valence-corrected chi connectivity index (χ3v) is 8.68. The van der Waals surface area contributed by atoms with Crippen molar-refractivity contribution >= 4 is 11.8 Å². The van der Waals surface area contributed by atoms with Crippen LogP contribution < -0.4 is 11.1 Å². The Bertz CT molecular complexity index is 1100. The molecule has 4 unspecified atom stereocenters. The van der Waals surface area contributed by atoms with Crippen LogP contribution in [0.5, 0.6) is 0 Å². The summed E-state index contributed by atoms with van der Waals surface area (Å²) in [6.45, 7) is 12.3. The summed E-state index contributed by atoms with van der Waals surface area (Å²) >= 11 is 0. The van der Waals surface area contributed by atoms with Crippen LogP contribution >= 0.6 is 0 Å².